The van der Waals surface area contributed by atoms with Crippen molar-refractivity contribution in [2.75, 3.05) is 0 Å². The van der Waals surface area contributed by atoms with Crippen molar-refractivity contribution in [1.29, 1.82) is 0 Å². The van der Waals surface area contributed by atoms with Crippen LogP contribution in [0.5, 0.6) is 0 Å². The Morgan fingerprint density at radius 1 is 0.600 bits per heavy atom. The highest BCUT2D eigenvalue weighted by molar-refractivity contribution is 8.26. The van der Waals surface area contributed by atoms with Crippen molar-refractivity contribution in [2.45, 2.75) is 0 Å². The molecule has 0 saturated heterocycles. The molecule has 0 aliphatic rings. The van der Waals surface area contributed by atoms with Gasteiger partial charge in [-0.1, -0.05) is 0 Å². The molecule has 0 saturated carbocycles. The van der Waals surface area contributed by atoms with Gasteiger partial charge in [0.05, 0.1) is 0 Å². The smallest absolute Gasteiger partial charge is 0.285 e. The lowest BCUT2D eigenvalue weighted by Gasteiger charge is -1.73. The molecule has 0 amide bonds. The predicted octanol–water partition coefficient (Wildman–Crippen LogP) is -1.30. The largest absolute Gasteiger partial charge is 0.394 e. The molecule has 10 nitrogen and oxygen atoms in total. The van der Waals surface area contributed by atoms with Gasteiger partial charge in [-0.2, -0.15) is 16.8 Å². The molecule has 0 spiro atoms. The monoisotopic (exact) mass is 326 g/mol. The predicted molar refractivity (Wildman–Crippen MR) is 55.7 cm³/mol. The zero-order valence-electron chi connectivity index (χ0n) is 6.36. The molecule has 15 heteroatoms. The average Bonchev–Trinajstić information content (AvgIpc) is 1.41. The van der Waals surface area contributed by atoms with Crippen LogP contribution in [0, 0.1) is 0 Å². The van der Waals surface area contributed by atoms with Crippen molar-refractivity contribution in [3.8, 4) is 0 Å². The summed E-state index contributed by atoms with van der Waals surface area (Å²) >= 11 is 6.93. The zero-order valence-corrected chi connectivity index (χ0v) is 10.4. The molecule has 0 aromatic heterocycles. The van der Waals surface area contributed by atoms with Crippen LogP contribution in [-0.2, 0) is 50.9 Å². The molecule has 0 radical (unpaired) electrons. The first-order valence-corrected chi connectivity index (χ1v) is 8.29. The van der Waals surface area contributed by atoms with Crippen LogP contribution in [0.25, 0.3) is 0 Å². The zero-order chi connectivity index (χ0) is 13.5. The maximum Gasteiger partial charge on any atom is 0.394 e. The first-order valence-electron chi connectivity index (χ1n) is 2.10. The maximum atomic E-state index is 9.11. The summed E-state index contributed by atoms with van der Waals surface area (Å²) in [5.41, 5.74) is 0. The number of hydrogen-bond acceptors (Lipinski definition) is 6. The second kappa shape index (κ2) is 7.68. The van der Waals surface area contributed by atoms with E-state index in [4.69, 9.17) is 44.2 Å². The molecular formula is H6O10S5. The molecule has 0 atom stereocenters. The summed E-state index contributed by atoms with van der Waals surface area (Å²) in [7, 11) is -12.3. The van der Waals surface area contributed by atoms with E-state index < -0.39 is 28.5 Å². The third-order valence-electron chi connectivity index (χ3n) is 0. The molecule has 0 bridgehead atoms. The molecule has 0 aromatic carbocycles. The molecule has 0 unspecified atom stereocenters. The van der Waals surface area contributed by atoms with Gasteiger partial charge in [-0.25, -0.2) is 0 Å². The minimum Gasteiger partial charge on any atom is -0.285 e. The standard InChI is InChI=1S/H2O4S.2H2O3S2/c3*1-5(2,3)4/h3*(H2,1,2,3,4). The Bertz CT molecular complexity index is 335. The fourth-order valence-electron chi connectivity index (χ4n) is 0. The normalized spacial score (nSPS) is 11.6. The van der Waals surface area contributed by atoms with Crippen molar-refractivity contribution < 1.29 is 44.2 Å². The molecular weight excluding hydrogens is 320 g/mol. The Morgan fingerprint density at radius 3 is 0.600 bits per heavy atom. The molecule has 0 aliphatic carbocycles. The van der Waals surface area contributed by atoms with E-state index in [1.165, 1.54) is 0 Å². The van der Waals surface area contributed by atoms with Crippen molar-refractivity contribution in [3.05, 3.63) is 0 Å². The third kappa shape index (κ3) is 11100. The van der Waals surface area contributed by atoms with Gasteiger partial charge in [0.15, 0.2) is 0 Å². The van der Waals surface area contributed by atoms with Crippen molar-refractivity contribution in [1.82, 2.24) is 0 Å². The topological polar surface area (TPSA) is 190 Å². The summed E-state index contributed by atoms with van der Waals surface area (Å²) in [6, 6.07) is 0. The quantitative estimate of drug-likeness (QED) is 0.289. The van der Waals surface area contributed by atoms with Gasteiger partial charge in [-0.05, 0) is 0 Å². The molecule has 15 heavy (non-hydrogen) atoms. The van der Waals surface area contributed by atoms with E-state index in [0.717, 1.165) is 0 Å². The average molecular weight is 326 g/mol. The first kappa shape index (κ1) is 20.8. The molecule has 0 heterocycles. The summed E-state index contributed by atoms with van der Waals surface area (Å²) in [6.45, 7) is 0. The molecule has 96 valence electrons. The van der Waals surface area contributed by atoms with E-state index in [2.05, 4.69) is 22.4 Å². The molecule has 0 aromatic rings. The summed E-state index contributed by atoms with van der Waals surface area (Å²) in [6.07, 6.45) is 0. The molecule has 0 fully saturated rings. The third-order valence-corrected chi connectivity index (χ3v) is 0. The van der Waals surface area contributed by atoms with Crippen molar-refractivity contribution in [2.24, 2.45) is 0 Å². The Labute approximate surface area is 94.9 Å². The summed E-state index contributed by atoms with van der Waals surface area (Å²) < 4.78 is 79.5. The van der Waals surface area contributed by atoms with Crippen LogP contribution in [0.2, 0.25) is 0 Å². The first-order chi connectivity index (χ1) is 6.00. The van der Waals surface area contributed by atoms with E-state index in [9.17, 15) is 0 Å². The lowest BCUT2D eigenvalue weighted by molar-refractivity contribution is 0.380. The van der Waals surface area contributed by atoms with E-state index in [1.807, 2.05) is 0 Å². The van der Waals surface area contributed by atoms with Crippen LogP contribution in [0.1, 0.15) is 0 Å². The second-order valence-corrected chi connectivity index (χ2v) is 6.64. The van der Waals surface area contributed by atoms with Crippen LogP contribution in [0.3, 0.4) is 0 Å². The summed E-state index contributed by atoms with van der Waals surface area (Å²) in [4.78, 5) is 0. The van der Waals surface area contributed by atoms with Gasteiger partial charge >= 0.3 is 10.4 Å². The lowest BCUT2D eigenvalue weighted by atomic mass is 15.8. The Morgan fingerprint density at radius 2 is 0.600 bits per heavy atom. The number of hydrogen-bond donors (Lipinski definition) is 6. The van der Waals surface area contributed by atoms with Crippen LogP contribution in [0.15, 0.2) is 0 Å². The highest BCUT2D eigenvalue weighted by Crippen LogP contribution is 1.62. The summed E-state index contributed by atoms with van der Waals surface area (Å²) in [5, 5.41) is 0. The van der Waals surface area contributed by atoms with Gasteiger partial charge in [0.2, 0.25) is 0 Å². The van der Waals surface area contributed by atoms with Gasteiger partial charge in [0.25, 0.3) is 18.1 Å². The second-order valence-electron chi connectivity index (χ2n) is 1.34. The molecule has 0 rings (SSSR count). The summed E-state index contributed by atoms with van der Waals surface area (Å²) in [5.74, 6) is 0. The number of rotatable bonds is 0. The van der Waals surface area contributed by atoms with Crippen molar-refractivity contribution in [3.63, 3.8) is 0 Å². The van der Waals surface area contributed by atoms with E-state index in [1.54, 1.807) is 0 Å². The molecule has 6 N–H and O–H groups in total. The molecule has 0 aliphatic heterocycles. The Hall–Kier alpha value is 0.450. The van der Waals surface area contributed by atoms with E-state index in [0.29, 0.717) is 0 Å². The van der Waals surface area contributed by atoms with Gasteiger partial charge < -0.3 is 0 Å². The van der Waals surface area contributed by atoms with Gasteiger partial charge in [0.1, 0.15) is 0 Å². The van der Waals surface area contributed by atoms with E-state index >= 15 is 0 Å². The van der Waals surface area contributed by atoms with Gasteiger partial charge in [-0.3, -0.25) is 27.3 Å². The highest BCUT2D eigenvalue weighted by atomic mass is 32.9. The van der Waals surface area contributed by atoms with Crippen LogP contribution in [0.4, 0.5) is 0 Å². The Balaban J connectivity index is -0.000000144. The van der Waals surface area contributed by atoms with Crippen LogP contribution in [-0.4, -0.2) is 44.2 Å². The fraction of sp³-hybridized carbons (Fsp3) is 0. The van der Waals surface area contributed by atoms with Crippen LogP contribution >= 0.6 is 0 Å². The van der Waals surface area contributed by atoms with Crippen LogP contribution < -0.4 is 0 Å². The maximum absolute atomic E-state index is 9.11. The SMILES string of the molecule is O=S(=O)(O)O.O=S(O)(O)=S.O=S(O)(O)=S. The van der Waals surface area contributed by atoms with Gasteiger partial charge in [-0.15, -0.1) is 0 Å². The fourth-order valence-corrected chi connectivity index (χ4v) is 0. The lowest BCUT2D eigenvalue weighted by Crippen LogP contribution is -1.89. The Kier molecular flexibility index (Phi) is 10.7. The highest BCUT2D eigenvalue weighted by Gasteiger charge is 1.84. The van der Waals surface area contributed by atoms with E-state index in [-0.39, 0.29) is 0 Å². The van der Waals surface area contributed by atoms with Crippen molar-refractivity contribution >= 4 is 50.9 Å². The van der Waals surface area contributed by atoms with Gasteiger partial charge in [0, 0.05) is 22.4 Å². The minimum absolute atomic E-state index is 3.47. The minimum atomic E-state index is -4.67.